The van der Waals surface area contributed by atoms with Gasteiger partial charge in [-0.3, -0.25) is 14.5 Å². The molecule has 1 fully saturated rings. The van der Waals surface area contributed by atoms with Crippen LogP contribution >= 0.6 is 0 Å². The Balaban J connectivity index is 1.27. The van der Waals surface area contributed by atoms with E-state index in [1.807, 2.05) is 54.1 Å². The van der Waals surface area contributed by atoms with E-state index in [0.29, 0.717) is 12.5 Å². The van der Waals surface area contributed by atoms with Gasteiger partial charge >= 0.3 is 0 Å². The Morgan fingerprint density at radius 1 is 1.38 bits per heavy atom. The SMILES string of the molecule is CN=C(NCCCN1C(=O)COc2ccccc21)N1CCC(c2cnn(C)c2)C1. The molecule has 0 aliphatic carbocycles. The number of rotatable bonds is 5. The van der Waals surface area contributed by atoms with Gasteiger partial charge in [0.25, 0.3) is 5.91 Å². The Hall–Kier alpha value is -3.03. The maximum Gasteiger partial charge on any atom is 0.265 e. The first-order valence-electron chi connectivity index (χ1n) is 10.1. The highest BCUT2D eigenvalue weighted by molar-refractivity contribution is 5.97. The van der Waals surface area contributed by atoms with Crippen LogP contribution in [0.2, 0.25) is 0 Å². The molecule has 0 saturated carbocycles. The summed E-state index contributed by atoms with van der Waals surface area (Å²) in [5, 5.41) is 7.74. The van der Waals surface area contributed by atoms with Crippen LogP contribution in [0.4, 0.5) is 5.69 Å². The summed E-state index contributed by atoms with van der Waals surface area (Å²) in [4.78, 5) is 20.8. The molecule has 3 heterocycles. The first-order valence-corrected chi connectivity index (χ1v) is 10.1. The van der Waals surface area contributed by atoms with Crippen molar-refractivity contribution in [1.82, 2.24) is 20.0 Å². The van der Waals surface area contributed by atoms with Crippen LogP contribution in [0.1, 0.15) is 24.3 Å². The normalized spacial score (nSPS) is 19.3. The summed E-state index contributed by atoms with van der Waals surface area (Å²) < 4.78 is 7.36. The first-order chi connectivity index (χ1) is 14.2. The number of nitrogens with one attached hydrogen (secondary N) is 1. The zero-order valence-electron chi connectivity index (χ0n) is 17.0. The molecule has 2 aliphatic rings. The van der Waals surface area contributed by atoms with E-state index in [1.165, 1.54) is 5.56 Å². The van der Waals surface area contributed by atoms with Crippen LogP contribution in [-0.4, -0.2) is 66.4 Å². The number of aryl methyl sites for hydroxylation is 1. The first kappa shape index (κ1) is 19.3. The fourth-order valence-corrected chi connectivity index (χ4v) is 4.04. The Morgan fingerprint density at radius 3 is 3.03 bits per heavy atom. The molecule has 1 aromatic heterocycles. The number of hydrogen-bond donors (Lipinski definition) is 1. The molecule has 1 aromatic carbocycles. The van der Waals surface area contributed by atoms with Crippen LogP contribution in [0, 0.1) is 0 Å². The van der Waals surface area contributed by atoms with Gasteiger partial charge in [-0.15, -0.1) is 0 Å². The monoisotopic (exact) mass is 396 g/mol. The van der Waals surface area contributed by atoms with E-state index in [0.717, 1.165) is 49.9 Å². The topological polar surface area (TPSA) is 75.0 Å². The molecule has 154 valence electrons. The van der Waals surface area contributed by atoms with Crippen LogP contribution in [0.15, 0.2) is 41.7 Å². The fourth-order valence-electron chi connectivity index (χ4n) is 4.04. The quantitative estimate of drug-likeness (QED) is 0.472. The molecular formula is C21H28N6O2. The number of amides is 1. The molecule has 2 aromatic rings. The number of para-hydroxylation sites is 2. The summed E-state index contributed by atoms with van der Waals surface area (Å²) in [7, 11) is 3.77. The standard InChI is InChI=1S/C21H28N6O2/c1-22-21(26-11-8-16(14-26)17-12-24-25(2)13-17)23-9-5-10-27-18-6-3-4-7-19(18)29-15-20(27)28/h3-4,6-7,12-13,16H,5,8-11,14-15H2,1-2H3,(H,22,23). The third kappa shape index (κ3) is 4.21. The van der Waals surface area contributed by atoms with E-state index in [9.17, 15) is 4.79 Å². The van der Waals surface area contributed by atoms with Crippen molar-refractivity contribution in [2.75, 3.05) is 44.7 Å². The number of aromatic nitrogens is 2. The third-order valence-corrected chi connectivity index (χ3v) is 5.55. The average molecular weight is 396 g/mol. The van der Waals surface area contributed by atoms with E-state index >= 15 is 0 Å². The van der Waals surface area contributed by atoms with Gasteiger partial charge in [-0.2, -0.15) is 5.10 Å². The van der Waals surface area contributed by atoms with Crippen molar-refractivity contribution >= 4 is 17.6 Å². The lowest BCUT2D eigenvalue weighted by Gasteiger charge is -2.29. The lowest BCUT2D eigenvalue weighted by atomic mass is 10.0. The molecule has 0 radical (unpaired) electrons. The minimum absolute atomic E-state index is 0.00642. The second-order valence-electron chi connectivity index (χ2n) is 7.51. The maximum atomic E-state index is 12.3. The van der Waals surface area contributed by atoms with Crippen molar-refractivity contribution < 1.29 is 9.53 Å². The fraction of sp³-hybridized carbons (Fsp3) is 0.476. The highest BCUT2D eigenvalue weighted by Gasteiger charge is 2.27. The van der Waals surface area contributed by atoms with Crippen molar-refractivity contribution in [2.45, 2.75) is 18.8 Å². The second kappa shape index (κ2) is 8.55. The van der Waals surface area contributed by atoms with Crippen LogP contribution in [0.3, 0.4) is 0 Å². The highest BCUT2D eigenvalue weighted by Crippen LogP contribution is 2.31. The van der Waals surface area contributed by atoms with Gasteiger partial charge in [-0.05, 0) is 30.5 Å². The van der Waals surface area contributed by atoms with Gasteiger partial charge in [0.1, 0.15) is 5.75 Å². The van der Waals surface area contributed by atoms with Crippen LogP contribution in [0.25, 0.3) is 0 Å². The Morgan fingerprint density at radius 2 is 2.24 bits per heavy atom. The molecule has 1 unspecified atom stereocenters. The van der Waals surface area contributed by atoms with Gasteiger partial charge in [-0.25, -0.2) is 0 Å². The molecule has 1 N–H and O–H groups in total. The summed E-state index contributed by atoms with van der Waals surface area (Å²) >= 11 is 0. The van der Waals surface area contributed by atoms with Crippen LogP contribution in [0.5, 0.6) is 5.75 Å². The van der Waals surface area contributed by atoms with Crippen molar-refractivity contribution in [1.29, 1.82) is 0 Å². The smallest absolute Gasteiger partial charge is 0.265 e. The summed E-state index contributed by atoms with van der Waals surface area (Å²) in [6.45, 7) is 3.44. The molecule has 1 amide bonds. The van der Waals surface area contributed by atoms with Crippen molar-refractivity contribution in [3.8, 4) is 5.75 Å². The largest absolute Gasteiger partial charge is 0.482 e. The number of anilines is 1. The molecular weight excluding hydrogens is 368 g/mol. The molecule has 29 heavy (non-hydrogen) atoms. The number of likely N-dealkylation sites (tertiary alicyclic amines) is 1. The molecule has 1 saturated heterocycles. The molecule has 0 spiro atoms. The number of ether oxygens (including phenoxy) is 1. The van der Waals surface area contributed by atoms with E-state index in [4.69, 9.17) is 4.74 Å². The van der Waals surface area contributed by atoms with Crippen molar-refractivity contribution in [3.63, 3.8) is 0 Å². The lowest BCUT2D eigenvalue weighted by Crippen LogP contribution is -2.43. The summed E-state index contributed by atoms with van der Waals surface area (Å²) in [6, 6.07) is 7.69. The number of hydrogen-bond acceptors (Lipinski definition) is 4. The van der Waals surface area contributed by atoms with Crippen molar-refractivity contribution in [3.05, 3.63) is 42.2 Å². The zero-order chi connectivity index (χ0) is 20.2. The number of guanidine groups is 1. The zero-order valence-corrected chi connectivity index (χ0v) is 17.0. The molecule has 0 bridgehead atoms. The van der Waals surface area contributed by atoms with Crippen LogP contribution < -0.4 is 15.0 Å². The molecule has 1 atom stereocenters. The molecule has 2 aliphatic heterocycles. The van der Waals surface area contributed by atoms with Gasteiger partial charge in [0.05, 0.1) is 11.9 Å². The van der Waals surface area contributed by atoms with Crippen molar-refractivity contribution in [2.24, 2.45) is 12.0 Å². The number of fused-ring (bicyclic) bond motifs is 1. The van der Waals surface area contributed by atoms with Gasteiger partial charge in [0.15, 0.2) is 12.6 Å². The van der Waals surface area contributed by atoms with E-state index in [2.05, 4.69) is 26.5 Å². The predicted molar refractivity (Wildman–Crippen MR) is 112 cm³/mol. The van der Waals surface area contributed by atoms with Gasteiger partial charge < -0.3 is 19.9 Å². The predicted octanol–water partition coefficient (Wildman–Crippen LogP) is 1.60. The number of carbonyl (C=O) groups is 1. The third-order valence-electron chi connectivity index (χ3n) is 5.55. The van der Waals surface area contributed by atoms with E-state index in [-0.39, 0.29) is 12.5 Å². The molecule has 4 rings (SSSR count). The maximum absolute atomic E-state index is 12.3. The lowest BCUT2D eigenvalue weighted by molar-refractivity contribution is -0.121. The molecule has 8 heteroatoms. The number of nitrogens with zero attached hydrogens (tertiary/aromatic N) is 5. The number of aliphatic imine (C=N–C) groups is 1. The average Bonchev–Trinajstić information content (AvgIpc) is 3.38. The summed E-state index contributed by atoms with van der Waals surface area (Å²) in [5.41, 5.74) is 2.14. The van der Waals surface area contributed by atoms with Gasteiger partial charge in [0, 0.05) is 52.4 Å². The Labute approximate surface area is 171 Å². The van der Waals surface area contributed by atoms with Crippen LogP contribution in [-0.2, 0) is 11.8 Å². The van der Waals surface area contributed by atoms with E-state index < -0.39 is 0 Å². The van der Waals surface area contributed by atoms with E-state index in [1.54, 1.807) is 0 Å². The highest BCUT2D eigenvalue weighted by atomic mass is 16.5. The second-order valence-corrected chi connectivity index (χ2v) is 7.51. The summed E-state index contributed by atoms with van der Waals surface area (Å²) in [5.74, 6) is 2.19. The van der Waals surface area contributed by atoms with Gasteiger partial charge in [-0.1, -0.05) is 12.1 Å². The minimum atomic E-state index is 0.00642. The molecule has 8 nitrogen and oxygen atoms in total. The Bertz CT molecular complexity index is 893. The minimum Gasteiger partial charge on any atom is -0.482 e. The number of benzene rings is 1. The number of carbonyl (C=O) groups excluding carboxylic acids is 1. The Kier molecular flexibility index (Phi) is 5.69. The summed E-state index contributed by atoms with van der Waals surface area (Å²) in [6.07, 6.45) is 5.99. The van der Waals surface area contributed by atoms with Gasteiger partial charge in [0.2, 0.25) is 0 Å².